The van der Waals surface area contributed by atoms with Crippen LogP contribution in [0.1, 0.15) is 48.9 Å². The van der Waals surface area contributed by atoms with Gasteiger partial charge in [-0.2, -0.15) is 0 Å². The molecule has 1 saturated carbocycles. The lowest BCUT2D eigenvalue weighted by Crippen LogP contribution is -2.50. The third-order valence-corrected chi connectivity index (χ3v) is 5.67. The average Bonchev–Trinajstić information content (AvgIpc) is 3.31. The summed E-state index contributed by atoms with van der Waals surface area (Å²) in [6.45, 7) is 3.47. The normalized spacial score (nSPS) is 27.2. The van der Waals surface area contributed by atoms with Crippen LogP contribution >= 0.6 is 0 Å². The Morgan fingerprint density at radius 2 is 1.96 bits per heavy atom. The summed E-state index contributed by atoms with van der Waals surface area (Å²) >= 11 is 0. The molecule has 25 heavy (non-hydrogen) atoms. The molecule has 2 heterocycles. The van der Waals surface area contributed by atoms with Crippen LogP contribution in [-0.2, 0) is 4.74 Å². The van der Waals surface area contributed by atoms with E-state index in [1.54, 1.807) is 0 Å². The maximum absolute atomic E-state index is 12.3. The summed E-state index contributed by atoms with van der Waals surface area (Å²) in [5.41, 5.74) is 0.675. The van der Waals surface area contributed by atoms with Crippen LogP contribution in [0.5, 0.6) is 5.75 Å². The van der Waals surface area contributed by atoms with Gasteiger partial charge in [0.15, 0.2) is 0 Å². The lowest BCUT2D eigenvalue weighted by atomic mass is 10.1. The number of rotatable bonds is 5. The molecule has 1 aliphatic carbocycles. The Kier molecular flexibility index (Phi) is 5.22. The van der Waals surface area contributed by atoms with E-state index in [2.05, 4.69) is 10.2 Å². The predicted octanol–water partition coefficient (Wildman–Crippen LogP) is 2.60. The van der Waals surface area contributed by atoms with Gasteiger partial charge in [-0.3, -0.25) is 9.69 Å². The molecule has 0 bridgehead atoms. The number of hydrogen-bond acceptors (Lipinski definition) is 4. The van der Waals surface area contributed by atoms with Crippen molar-refractivity contribution in [1.29, 1.82) is 0 Å². The molecule has 2 saturated heterocycles. The fraction of sp³-hybridized carbons (Fsp3) is 0.650. The number of ether oxygens (including phenoxy) is 2. The van der Waals surface area contributed by atoms with Gasteiger partial charge >= 0.3 is 0 Å². The van der Waals surface area contributed by atoms with E-state index in [0.29, 0.717) is 24.3 Å². The van der Waals surface area contributed by atoms with Crippen molar-refractivity contribution in [1.82, 2.24) is 10.2 Å². The number of nitrogens with one attached hydrogen (secondary N) is 1. The van der Waals surface area contributed by atoms with E-state index in [1.807, 2.05) is 24.3 Å². The monoisotopic (exact) mass is 344 g/mol. The second kappa shape index (κ2) is 7.75. The Hall–Kier alpha value is -1.59. The molecular formula is C20H28N2O3. The van der Waals surface area contributed by atoms with E-state index in [-0.39, 0.29) is 12.0 Å². The van der Waals surface area contributed by atoms with E-state index in [0.717, 1.165) is 31.7 Å². The number of carbonyl (C=O) groups is 1. The zero-order chi connectivity index (χ0) is 17.1. The molecule has 1 amide bonds. The number of hydrogen-bond donors (Lipinski definition) is 1. The summed E-state index contributed by atoms with van der Waals surface area (Å²) in [7, 11) is 0. The summed E-state index contributed by atoms with van der Waals surface area (Å²) in [4.78, 5) is 14.8. The van der Waals surface area contributed by atoms with Crippen molar-refractivity contribution in [3.8, 4) is 5.75 Å². The molecule has 0 spiro atoms. The summed E-state index contributed by atoms with van der Waals surface area (Å²) in [6, 6.07) is 8.09. The van der Waals surface area contributed by atoms with Gasteiger partial charge < -0.3 is 14.8 Å². The first-order valence-corrected chi connectivity index (χ1v) is 9.68. The maximum Gasteiger partial charge on any atom is 0.251 e. The molecule has 2 unspecified atom stereocenters. The molecule has 5 nitrogen and oxygen atoms in total. The molecule has 0 radical (unpaired) electrons. The van der Waals surface area contributed by atoms with Gasteiger partial charge in [0.2, 0.25) is 0 Å². The minimum absolute atomic E-state index is 0.0421. The first kappa shape index (κ1) is 16.9. The summed E-state index contributed by atoms with van der Waals surface area (Å²) in [5.74, 6) is 0.818. The fourth-order valence-corrected chi connectivity index (χ4v) is 4.20. The Morgan fingerprint density at radius 1 is 1.16 bits per heavy atom. The van der Waals surface area contributed by atoms with E-state index < -0.39 is 0 Å². The summed E-state index contributed by atoms with van der Waals surface area (Å²) < 4.78 is 11.8. The molecule has 1 N–H and O–H groups in total. The standard InChI is InChI=1S/C20H28N2O3/c23-20(21-12-19-13-22-11-3-4-16(22)14-24-19)15-7-9-18(10-8-15)25-17-5-1-2-6-17/h7-10,16-17,19H,1-6,11-14H2,(H,21,23). The Bertz CT molecular complexity index is 583. The van der Waals surface area contributed by atoms with Crippen LogP contribution < -0.4 is 10.1 Å². The quantitative estimate of drug-likeness (QED) is 0.892. The van der Waals surface area contributed by atoms with Crippen LogP contribution in [0.2, 0.25) is 0 Å². The fourth-order valence-electron chi connectivity index (χ4n) is 4.20. The highest BCUT2D eigenvalue weighted by Crippen LogP contribution is 2.24. The van der Waals surface area contributed by atoms with Crippen molar-refractivity contribution >= 4 is 5.91 Å². The van der Waals surface area contributed by atoms with Crippen LogP contribution in [0.4, 0.5) is 0 Å². The Labute approximate surface area is 149 Å². The first-order valence-electron chi connectivity index (χ1n) is 9.68. The van der Waals surface area contributed by atoms with Crippen LogP contribution in [-0.4, -0.2) is 55.3 Å². The number of morpholine rings is 1. The van der Waals surface area contributed by atoms with Crippen LogP contribution in [0.15, 0.2) is 24.3 Å². The molecule has 3 aliphatic rings. The van der Waals surface area contributed by atoms with Gasteiger partial charge in [-0.1, -0.05) is 0 Å². The maximum atomic E-state index is 12.3. The highest BCUT2D eigenvalue weighted by Gasteiger charge is 2.32. The van der Waals surface area contributed by atoms with Gasteiger partial charge in [-0.25, -0.2) is 0 Å². The number of amides is 1. The second-order valence-electron chi connectivity index (χ2n) is 7.51. The van der Waals surface area contributed by atoms with Gasteiger partial charge in [0.25, 0.3) is 5.91 Å². The summed E-state index contributed by atoms with van der Waals surface area (Å²) in [5, 5.41) is 3.01. The van der Waals surface area contributed by atoms with Gasteiger partial charge in [-0.15, -0.1) is 0 Å². The Balaban J connectivity index is 1.24. The molecule has 3 fully saturated rings. The topological polar surface area (TPSA) is 50.8 Å². The Morgan fingerprint density at radius 3 is 2.76 bits per heavy atom. The molecule has 2 atom stereocenters. The van der Waals surface area contributed by atoms with E-state index in [1.165, 1.54) is 32.2 Å². The van der Waals surface area contributed by atoms with Crippen LogP contribution in [0.25, 0.3) is 0 Å². The molecule has 5 heteroatoms. The number of fused-ring (bicyclic) bond motifs is 1. The van der Waals surface area contributed by atoms with Crippen molar-refractivity contribution in [2.24, 2.45) is 0 Å². The number of nitrogens with zero attached hydrogens (tertiary/aromatic N) is 1. The largest absolute Gasteiger partial charge is 0.490 e. The SMILES string of the molecule is O=C(NCC1CN2CCCC2CO1)c1ccc(OC2CCCC2)cc1. The van der Waals surface area contributed by atoms with Gasteiger partial charge in [0, 0.05) is 24.7 Å². The van der Waals surface area contributed by atoms with Gasteiger partial charge in [-0.05, 0) is 69.3 Å². The third-order valence-electron chi connectivity index (χ3n) is 5.67. The van der Waals surface area contributed by atoms with Crippen molar-refractivity contribution in [3.05, 3.63) is 29.8 Å². The lowest BCUT2D eigenvalue weighted by Gasteiger charge is -2.35. The van der Waals surface area contributed by atoms with Crippen molar-refractivity contribution < 1.29 is 14.3 Å². The second-order valence-corrected chi connectivity index (χ2v) is 7.51. The molecule has 2 aliphatic heterocycles. The molecule has 1 aromatic rings. The molecule has 136 valence electrons. The highest BCUT2D eigenvalue weighted by atomic mass is 16.5. The third kappa shape index (κ3) is 4.15. The zero-order valence-corrected chi connectivity index (χ0v) is 14.8. The van der Waals surface area contributed by atoms with E-state index in [4.69, 9.17) is 9.47 Å². The molecular weight excluding hydrogens is 316 g/mol. The minimum atomic E-state index is -0.0421. The van der Waals surface area contributed by atoms with Crippen LogP contribution in [0.3, 0.4) is 0 Å². The first-order chi connectivity index (χ1) is 12.3. The van der Waals surface area contributed by atoms with Crippen LogP contribution in [0, 0.1) is 0 Å². The lowest BCUT2D eigenvalue weighted by molar-refractivity contribution is -0.0461. The van der Waals surface area contributed by atoms with Crippen molar-refractivity contribution in [3.63, 3.8) is 0 Å². The average molecular weight is 344 g/mol. The molecule has 1 aromatic carbocycles. The highest BCUT2D eigenvalue weighted by molar-refractivity contribution is 5.94. The zero-order valence-electron chi connectivity index (χ0n) is 14.8. The van der Waals surface area contributed by atoms with E-state index in [9.17, 15) is 4.79 Å². The van der Waals surface area contributed by atoms with Gasteiger partial charge in [0.1, 0.15) is 5.75 Å². The predicted molar refractivity (Wildman–Crippen MR) is 96.0 cm³/mol. The minimum Gasteiger partial charge on any atom is -0.490 e. The number of carbonyl (C=O) groups excluding carboxylic acids is 1. The summed E-state index contributed by atoms with van der Waals surface area (Å²) in [6.07, 6.45) is 7.75. The van der Waals surface area contributed by atoms with E-state index >= 15 is 0 Å². The van der Waals surface area contributed by atoms with Gasteiger partial charge in [0.05, 0.1) is 18.8 Å². The smallest absolute Gasteiger partial charge is 0.251 e. The molecule has 0 aromatic heterocycles. The van der Waals surface area contributed by atoms with Crippen molar-refractivity contribution in [2.75, 3.05) is 26.2 Å². The van der Waals surface area contributed by atoms with Crippen molar-refractivity contribution in [2.45, 2.75) is 56.8 Å². The molecule has 4 rings (SSSR count). The number of benzene rings is 1.